The zero-order valence-electron chi connectivity index (χ0n) is 19.5. The average molecular weight is 452 g/mol. The topological polar surface area (TPSA) is 47.6 Å². The summed E-state index contributed by atoms with van der Waals surface area (Å²) in [5.41, 5.74) is 2.87. The lowest BCUT2D eigenvalue weighted by molar-refractivity contribution is -0.124. The minimum Gasteiger partial charge on any atom is -0.493 e. The first-order valence-electron chi connectivity index (χ1n) is 11.4. The summed E-state index contributed by atoms with van der Waals surface area (Å²) >= 11 is 0. The van der Waals surface area contributed by atoms with E-state index in [1.807, 2.05) is 109 Å². The first-order chi connectivity index (χ1) is 16.7. The third-order valence-corrected chi connectivity index (χ3v) is 6.11. The lowest BCUT2D eigenvalue weighted by Crippen LogP contribution is -2.46. The molecule has 1 amide bonds. The van der Waals surface area contributed by atoms with Crippen molar-refractivity contribution in [3.05, 3.63) is 131 Å². The van der Waals surface area contributed by atoms with Gasteiger partial charge in [-0.05, 0) is 40.8 Å². The van der Waals surface area contributed by atoms with Crippen LogP contribution in [0.15, 0.2) is 109 Å². The van der Waals surface area contributed by atoms with Crippen molar-refractivity contribution in [3.63, 3.8) is 0 Å². The standard InChI is InChI=1S/C30H29NO3/c1-33-27-19-18-23(22-28(27)34-2)20-21-31-29(32)30(24-12-6-3-7-13-24,25-14-8-4-9-15-25)26-16-10-5-11-17-26/h3-19,22H,20-21H2,1-2H3,(H,31,32). The molecule has 0 aromatic heterocycles. The summed E-state index contributed by atoms with van der Waals surface area (Å²) in [5, 5.41) is 3.22. The molecule has 0 spiro atoms. The maximum atomic E-state index is 14.1. The van der Waals surface area contributed by atoms with Crippen molar-refractivity contribution in [3.8, 4) is 11.5 Å². The number of hydrogen-bond donors (Lipinski definition) is 1. The van der Waals surface area contributed by atoms with E-state index in [1.54, 1.807) is 14.2 Å². The van der Waals surface area contributed by atoms with Gasteiger partial charge in [-0.25, -0.2) is 0 Å². The van der Waals surface area contributed by atoms with E-state index in [1.165, 1.54) is 0 Å². The second-order valence-corrected chi connectivity index (χ2v) is 8.04. The molecule has 0 bridgehead atoms. The van der Waals surface area contributed by atoms with Crippen molar-refractivity contribution in [1.29, 1.82) is 0 Å². The number of nitrogens with one attached hydrogen (secondary N) is 1. The van der Waals surface area contributed by atoms with Gasteiger partial charge in [0.2, 0.25) is 5.91 Å². The first-order valence-corrected chi connectivity index (χ1v) is 11.4. The number of benzene rings is 4. The maximum Gasteiger partial charge on any atom is 0.239 e. The molecule has 4 rings (SSSR count). The minimum atomic E-state index is -0.971. The second kappa shape index (κ2) is 10.7. The van der Waals surface area contributed by atoms with E-state index in [2.05, 4.69) is 5.32 Å². The van der Waals surface area contributed by atoms with Gasteiger partial charge in [-0.2, -0.15) is 0 Å². The quantitative estimate of drug-likeness (QED) is 0.347. The minimum absolute atomic E-state index is 0.0587. The molecule has 1 N–H and O–H groups in total. The summed E-state index contributed by atoms with van der Waals surface area (Å²) in [5.74, 6) is 1.31. The normalized spacial score (nSPS) is 11.0. The molecule has 0 saturated heterocycles. The van der Waals surface area contributed by atoms with Crippen molar-refractivity contribution in [2.45, 2.75) is 11.8 Å². The number of amides is 1. The van der Waals surface area contributed by atoms with E-state index in [0.29, 0.717) is 24.5 Å². The van der Waals surface area contributed by atoms with Gasteiger partial charge in [-0.3, -0.25) is 4.79 Å². The lowest BCUT2D eigenvalue weighted by atomic mass is 9.68. The molecule has 0 fully saturated rings. The highest BCUT2D eigenvalue weighted by atomic mass is 16.5. The third-order valence-electron chi connectivity index (χ3n) is 6.11. The molecule has 4 heteroatoms. The van der Waals surface area contributed by atoms with Crippen LogP contribution in [-0.2, 0) is 16.6 Å². The van der Waals surface area contributed by atoms with E-state index in [-0.39, 0.29) is 5.91 Å². The molecule has 0 aliphatic heterocycles. The lowest BCUT2D eigenvalue weighted by Gasteiger charge is -2.34. The van der Waals surface area contributed by atoms with Gasteiger partial charge in [0.15, 0.2) is 11.5 Å². The molecule has 0 atom stereocenters. The highest BCUT2D eigenvalue weighted by molar-refractivity contribution is 5.96. The molecule has 4 nitrogen and oxygen atoms in total. The van der Waals surface area contributed by atoms with Gasteiger partial charge < -0.3 is 14.8 Å². The van der Waals surface area contributed by atoms with Gasteiger partial charge >= 0.3 is 0 Å². The van der Waals surface area contributed by atoms with E-state index in [0.717, 1.165) is 22.3 Å². The zero-order chi connectivity index (χ0) is 23.8. The van der Waals surface area contributed by atoms with Gasteiger partial charge in [-0.15, -0.1) is 0 Å². The van der Waals surface area contributed by atoms with E-state index >= 15 is 0 Å². The molecule has 0 aliphatic carbocycles. The Morgan fingerprint density at radius 2 is 1.15 bits per heavy atom. The van der Waals surface area contributed by atoms with Crippen molar-refractivity contribution < 1.29 is 14.3 Å². The van der Waals surface area contributed by atoms with Crippen LogP contribution in [0.1, 0.15) is 22.3 Å². The van der Waals surface area contributed by atoms with Crippen molar-refractivity contribution in [2.75, 3.05) is 20.8 Å². The summed E-state index contributed by atoms with van der Waals surface area (Å²) in [4.78, 5) is 14.1. The molecule has 4 aromatic rings. The summed E-state index contributed by atoms with van der Waals surface area (Å²) in [6, 6.07) is 35.7. The number of methoxy groups -OCH3 is 2. The molecule has 34 heavy (non-hydrogen) atoms. The number of rotatable bonds is 9. The fourth-order valence-corrected chi connectivity index (χ4v) is 4.45. The van der Waals surface area contributed by atoms with Crippen LogP contribution >= 0.6 is 0 Å². The Hall–Kier alpha value is -4.05. The molecule has 4 aromatic carbocycles. The third kappa shape index (κ3) is 4.53. The Balaban J connectivity index is 1.69. The summed E-state index contributed by atoms with van der Waals surface area (Å²) in [7, 11) is 3.24. The van der Waals surface area contributed by atoms with E-state index in [4.69, 9.17) is 9.47 Å². The van der Waals surface area contributed by atoms with Gasteiger partial charge in [0.05, 0.1) is 14.2 Å². The van der Waals surface area contributed by atoms with Crippen LogP contribution in [0, 0.1) is 0 Å². The van der Waals surface area contributed by atoms with Crippen LogP contribution in [0.3, 0.4) is 0 Å². The van der Waals surface area contributed by atoms with Crippen LogP contribution < -0.4 is 14.8 Å². The van der Waals surface area contributed by atoms with Crippen LogP contribution in [0.5, 0.6) is 11.5 Å². The monoisotopic (exact) mass is 451 g/mol. The molecule has 0 saturated carbocycles. The molecular weight excluding hydrogens is 422 g/mol. The maximum absolute atomic E-state index is 14.1. The van der Waals surface area contributed by atoms with E-state index in [9.17, 15) is 4.79 Å². The number of carbonyl (C=O) groups excluding carboxylic acids is 1. The van der Waals surface area contributed by atoms with Gasteiger partial charge in [-0.1, -0.05) is 97.1 Å². The Morgan fingerprint density at radius 3 is 1.59 bits per heavy atom. The van der Waals surface area contributed by atoms with Crippen molar-refractivity contribution in [1.82, 2.24) is 5.32 Å². The smallest absolute Gasteiger partial charge is 0.239 e. The van der Waals surface area contributed by atoms with E-state index < -0.39 is 5.41 Å². The first kappa shape index (κ1) is 23.1. The zero-order valence-corrected chi connectivity index (χ0v) is 19.5. The molecule has 0 unspecified atom stereocenters. The van der Waals surface area contributed by atoms with Gasteiger partial charge in [0.1, 0.15) is 5.41 Å². The van der Waals surface area contributed by atoms with Crippen LogP contribution in [0.2, 0.25) is 0 Å². The molecule has 0 aliphatic rings. The predicted octanol–water partition coefficient (Wildman–Crippen LogP) is 5.40. The second-order valence-electron chi connectivity index (χ2n) is 8.04. The van der Waals surface area contributed by atoms with Crippen LogP contribution in [0.25, 0.3) is 0 Å². The van der Waals surface area contributed by atoms with Gasteiger partial charge in [0, 0.05) is 6.54 Å². The molecule has 172 valence electrons. The molecule has 0 radical (unpaired) electrons. The number of hydrogen-bond acceptors (Lipinski definition) is 3. The van der Waals surface area contributed by atoms with Crippen molar-refractivity contribution in [2.24, 2.45) is 0 Å². The Kier molecular flexibility index (Phi) is 7.28. The van der Waals surface area contributed by atoms with Crippen molar-refractivity contribution >= 4 is 5.91 Å². The fourth-order valence-electron chi connectivity index (χ4n) is 4.45. The summed E-state index contributed by atoms with van der Waals surface area (Å²) in [6.07, 6.45) is 0.667. The predicted molar refractivity (Wildman–Crippen MR) is 135 cm³/mol. The van der Waals surface area contributed by atoms with Crippen LogP contribution in [0.4, 0.5) is 0 Å². The SMILES string of the molecule is COc1ccc(CCNC(=O)C(c2ccccc2)(c2ccccc2)c2ccccc2)cc1OC. The Morgan fingerprint density at radius 1 is 0.676 bits per heavy atom. The largest absolute Gasteiger partial charge is 0.493 e. The Labute approximate surface area is 201 Å². The number of carbonyl (C=O) groups is 1. The summed E-state index contributed by atoms with van der Waals surface area (Å²) < 4.78 is 10.8. The van der Waals surface area contributed by atoms with Crippen LogP contribution in [-0.4, -0.2) is 26.7 Å². The number of ether oxygens (including phenoxy) is 2. The molecule has 0 heterocycles. The summed E-state index contributed by atoms with van der Waals surface area (Å²) in [6.45, 7) is 0.489. The highest BCUT2D eigenvalue weighted by Crippen LogP contribution is 2.39. The van der Waals surface area contributed by atoms with Gasteiger partial charge in [0.25, 0.3) is 0 Å². The average Bonchev–Trinajstić information content (AvgIpc) is 2.91. The Bertz CT molecular complexity index is 1110. The fraction of sp³-hybridized carbons (Fsp3) is 0.167. The molecular formula is C30H29NO3. The highest BCUT2D eigenvalue weighted by Gasteiger charge is 2.43.